The third kappa shape index (κ3) is 1.14. The average molecular weight is 143 g/mol. The molecular weight excluding hydrogens is 130 g/mol. The van der Waals surface area contributed by atoms with Crippen LogP contribution in [0.2, 0.25) is 0 Å². The molecule has 3 heteroatoms. The number of aliphatic hydroxyl groups excluding tert-OH is 1. The highest BCUT2D eigenvalue weighted by Crippen LogP contribution is 2.19. The Labute approximate surface area is 60.4 Å². The van der Waals surface area contributed by atoms with Crippen molar-refractivity contribution < 1.29 is 9.90 Å². The molecule has 58 valence electrons. The van der Waals surface area contributed by atoms with Gasteiger partial charge in [-0.1, -0.05) is 13.8 Å². The first-order chi connectivity index (χ1) is 4.63. The van der Waals surface area contributed by atoms with Crippen molar-refractivity contribution in [1.82, 2.24) is 5.32 Å². The summed E-state index contributed by atoms with van der Waals surface area (Å²) in [5.74, 6) is 0.0278. The third-order valence-electron chi connectivity index (χ3n) is 1.92. The van der Waals surface area contributed by atoms with Crippen LogP contribution in [0.5, 0.6) is 0 Å². The average Bonchev–Trinajstić information content (AvgIpc) is 2.11. The van der Waals surface area contributed by atoms with Crippen molar-refractivity contribution in [3.8, 4) is 0 Å². The molecule has 10 heavy (non-hydrogen) atoms. The summed E-state index contributed by atoms with van der Waals surface area (Å²) in [6.07, 6.45) is -0.479. The van der Waals surface area contributed by atoms with E-state index >= 15 is 0 Å². The summed E-state index contributed by atoms with van der Waals surface area (Å²) in [5, 5.41) is 11.9. The number of carbonyl (C=O) groups excluding carboxylic acids is 1. The van der Waals surface area contributed by atoms with Crippen LogP contribution in [0.15, 0.2) is 0 Å². The standard InChI is InChI=1S/C7H13NO2/c1-4(2)6-5(9)3-8-7(6)10/h4-6,9H,3H2,1-2H3,(H,8,10)/t5-,6+/m1/s1. The fraction of sp³-hybridized carbons (Fsp3) is 0.857. The maximum atomic E-state index is 11.0. The van der Waals surface area contributed by atoms with E-state index in [0.717, 1.165) is 0 Å². The third-order valence-corrected chi connectivity index (χ3v) is 1.92. The summed E-state index contributed by atoms with van der Waals surface area (Å²) < 4.78 is 0. The Bertz CT molecular complexity index is 145. The Morgan fingerprint density at radius 3 is 2.50 bits per heavy atom. The molecule has 0 aromatic heterocycles. The van der Waals surface area contributed by atoms with Crippen LogP contribution in [-0.2, 0) is 4.79 Å². The lowest BCUT2D eigenvalue weighted by Crippen LogP contribution is -2.26. The summed E-state index contributed by atoms with van der Waals surface area (Å²) in [7, 11) is 0. The van der Waals surface area contributed by atoms with Crippen LogP contribution in [0.25, 0.3) is 0 Å². The van der Waals surface area contributed by atoms with E-state index in [0.29, 0.717) is 6.54 Å². The Balaban J connectivity index is 2.63. The van der Waals surface area contributed by atoms with Gasteiger partial charge in [-0.15, -0.1) is 0 Å². The van der Waals surface area contributed by atoms with E-state index in [-0.39, 0.29) is 17.7 Å². The smallest absolute Gasteiger partial charge is 0.226 e. The van der Waals surface area contributed by atoms with Crippen LogP contribution in [0.3, 0.4) is 0 Å². The van der Waals surface area contributed by atoms with Crippen molar-refractivity contribution in [2.24, 2.45) is 11.8 Å². The van der Waals surface area contributed by atoms with Gasteiger partial charge in [0.25, 0.3) is 0 Å². The molecule has 1 rings (SSSR count). The molecule has 0 unspecified atom stereocenters. The molecule has 0 saturated carbocycles. The number of carbonyl (C=O) groups is 1. The normalized spacial score (nSPS) is 33.0. The van der Waals surface area contributed by atoms with Crippen LogP contribution in [0, 0.1) is 11.8 Å². The van der Waals surface area contributed by atoms with Gasteiger partial charge < -0.3 is 10.4 Å². The minimum atomic E-state index is -0.479. The van der Waals surface area contributed by atoms with Gasteiger partial charge in [-0.25, -0.2) is 0 Å². The van der Waals surface area contributed by atoms with E-state index in [4.69, 9.17) is 0 Å². The molecule has 2 atom stereocenters. The Morgan fingerprint density at radius 2 is 2.30 bits per heavy atom. The zero-order chi connectivity index (χ0) is 7.72. The molecule has 2 N–H and O–H groups in total. The fourth-order valence-corrected chi connectivity index (χ4v) is 1.37. The van der Waals surface area contributed by atoms with Gasteiger partial charge in [-0.2, -0.15) is 0 Å². The van der Waals surface area contributed by atoms with Gasteiger partial charge in [0.2, 0.25) is 5.91 Å². The topological polar surface area (TPSA) is 49.3 Å². The largest absolute Gasteiger partial charge is 0.390 e. The highest BCUT2D eigenvalue weighted by molar-refractivity contribution is 5.81. The van der Waals surface area contributed by atoms with E-state index in [2.05, 4.69) is 5.32 Å². The van der Waals surface area contributed by atoms with Crippen molar-refractivity contribution in [3.05, 3.63) is 0 Å². The van der Waals surface area contributed by atoms with E-state index in [1.54, 1.807) is 0 Å². The summed E-state index contributed by atoms with van der Waals surface area (Å²) >= 11 is 0. The summed E-state index contributed by atoms with van der Waals surface area (Å²) in [4.78, 5) is 11.0. The zero-order valence-electron chi connectivity index (χ0n) is 6.29. The van der Waals surface area contributed by atoms with Gasteiger partial charge in [-0.3, -0.25) is 4.79 Å². The molecular formula is C7H13NO2. The molecule has 0 aromatic rings. The van der Waals surface area contributed by atoms with Crippen molar-refractivity contribution >= 4 is 5.91 Å². The van der Waals surface area contributed by atoms with E-state index < -0.39 is 6.10 Å². The molecule has 3 nitrogen and oxygen atoms in total. The van der Waals surface area contributed by atoms with E-state index in [9.17, 15) is 9.90 Å². The van der Waals surface area contributed by atoms with Crippen LogP contribution in [0.1, 0.15) is 13.8 Å². The van der Waals surface area contributed by atoms with E-state index in [1.807, 2.05) is 13.8 Å². The number of β-amino-alcohol motifs (C(OH)–C–C–N with tert-alkyl or cyclic N) is 1. The van der Waals surface area contributed by atoms with Crippen LogP contribution in [0.4, 0.5) is 0 Å². The lowest BCUT2D eigenvalue weighted by Gasteiger charge is -2.14. The highest BCUT2D eigenvalue weighted by atomic mass is 16.3. The Kier molecular flexibility index (Phi) is 1.94. The number of hydrogen-bond donors (Lipinski definition) is 2. The van der Waals surface area contributed by atoms with Gasteiger partial charge in [0.1, 0.15) is 0 Å². The molecule has 1 heterocycles. The minimum Gasteiger partial charge on any atom is -0.390 e. The summed E-state index contributed by atoms with van der Waals surface area (Å²) in [5.41, 5.74) is 0. The predicted octanol–water partition coefficient (Wildman–Crippen LogP) is -0.251. The Hall–Kier alpha value is -0.570. The predicted molar refractivity (Wildman–Crippen MR) is 37.3 cm³/mol. The quantitative estimate of drug-likeness (QED) is 0.531. The molecule has 1 fully saturated rings. The van der Waals surface area contributed by atoms with Gasteiger partial charge in [0, 0.05) is 6.54 Å². The van der Waals surface area contributed by atoms with Crippen LogP contribution < -0.4 is 5.32 Å². The van der Waals surface area contributed by atoms with Gasteiger partial charge in [-0.05, 0) is 5.92 Å². The molecule has 0 radical (unpaired) electrons. The SMILES string of the molecule is CC(C)[C@@H]1C(=O)NC[C@H]1O. The lowest BCUT2D eigenvalue weighted by atomic mass is 9.93. The van der Waals surface area contributed by atoms with Gasteiger partial charge >= 0.3 is 0 Å². The number of rotatable bonds is 1. The minimum absolute atomic E-state index is 0.0116. The number of aliphatic hydroxyl groups is 1. The van der Waals surface area contributed by atoms with Crippen molar-refractivity contribution in [3.63, 3.8) is 0 Å². The molecule has 1 saturated heterocycles. The van der Waals surface area contributed by atoms with Gasteiger partial charge in [0.15, 0.2) is 0 Å². The molecule has 0 spiro atoms. The van der Waals surface area contributed by atoms with E-state index in [1.165, 1.54) is 0 Å². The zero-order valence-corrected chi connectivity index (χ0v) is 6.29. The lowest BCUT2D eigenvalue weighted by molar-refractivity contribution is -0.124. The second-order valence-electron chi connectivity index (χ2n) is 3.08. The monoisotopic (exact) mass is 143 g/mol. The van der Waals surface area contributed by atoms with Crippen molar-refractivity contribution in [2.45, 2.75) is 20.0 Å². The number of hydrogen-bond acceptors (Lipinski definition) is 2. The molecule has 0 aliphatic carbocycles. The molecule has 0 aromatic carbocycles. The maximum absolute atomic E-state index is 11.0. The van der Waals surface area contributed by atoms with Crippen molar-refractivity contribution in [2.75, 3.05) is 6.54 Å². The van der Waals surface area contributed by atoms with Crippen LogP contribution >= 0.6 is 0 Å². The van der Waals surface area contributed by atoms with Gasteiger partial charge in [0.05, 0.1) is 12.0 Å². The summed E-state index contributed by atoms with van der Waals surface area (Å²) in [6, 6.07) is 0. The van der Waals surface area contributed by atoms with Crippen molar-refractivity contribution in [1.29, 1.82) is 0 Å². The first-order valence-corrected chi connectivity index (χ1v) is 3.58. The Morgan fingerprint density at radius 1 is 1.70 bits per heavy atom. The second kappa shape index (κ2) is 2.58. The first kappa shape index (κ1) is 7.54. The maximum Gasteiger partial charge on any atom is 0.226 e. The number of nitrogens with one attached hydrogen (secondary N) is 1. The van der Waals surface area contributed by atoms with Crippen LogP contribution in [-0.4, -0.2) is 23.7 Å². The number of amides is 1. The molecule has 1 aliphatic rings. The summed E-state index contributed by atoms with van der Waals surface area (Å²) in [6.45, 7) is 4.30. The molecule has 1 amide bonds. The highest BCUT2D eigenvalue weighted by Gasteiger charge is 2.35. The fourth-order valence-electron chi connectivity index (χ4n) is 1.37. The second-order valence-corrected chi connectivity index (χ2v) is 3.08. The first-order valence-electron chi connectivity index (χ1n) is 3.58. The molecule has 0 bridgehead atoms. The molecule has 1 aliphatic heterocycles.